The lowest BCUT2D eigenvalue weighted by Gasteiger charge is -2.28. The molecule has 140 valence electrons. The first-order chi connectivity index (χ1) is 13.2. The zero-order valence-corrected chi connectivity index (χ0v) is 16.0. The van der Waals surface area contributed by atoms with Gasteiger partial charge in [0.2, 0.25) is 0 Å². The van der Waals surface area contributed by atoms with Gasteiger partial charge < -0.3 is 15.0 Å². The molecule has 0 unspecified atom stereocenters. The highest BCUT2D eigenvalue weighted by molar-refractivity contribution is 5.94. The van der Waals surface area contributed by atoms with Crippen molar-refractivity contribution in [3.05, 3.63) is 54.5 Å². The van der Waals surface area contributed by atoms with E-state index in [0.29, 0.717) is 6.04 Å². The third-order valence-corrected chi connectivity index (χ3v) is 5.07. The number of nitrogens with one attached hydrogen (secondary N) is 1. The Morgan fingerprint density at radius 2 is 2.15 bits per heavy atom. The zero-order valence-electron chi connectivity index (χ0n) is 16.0. The van der Waals surface area contributed by atoms with Gasteiger partial charge in [-0.05, 0) is 63.1 Å². The van der Waals surface area contributed by atoms with E-state index in [9.17, 15) is 0 Å². The maximum atomic E-state index is 5.72. The van der Waals surface area contributed by atoms with E-state index in [2.05, 4.69) is 53.3 Å². The minimum atomic E-state index is 0.447. The van der Waals surface area contributed by atoms with Gasteiger partial charge in [-0.25, -0.2) is 0 Å². The average Bonchev–Trinajstić information content (AvgIpc) is 3.14. The fourth-order valence-corrected chi connectivity index (χ4v) is 3.84. The smallest absolute Gasteiger partial charge is 0.0746 e. The lowest BCUT2D eigenvalue weighted by atomic mass is 10.1. The molecule has 3 aromatic rings. The molecule has 1 saturated heterocycles. The Kier molecular flexibility index (Phi) is 5.21. The molecule has 0 radical (unpaired) electrons. The maximum absolute atomic E-state index is 5.72. The minimum Gasteiger partial charge on any atom is -0.380 e. The van der Waals surface area contributed by atoms with E-state index < -0.39 is 0 Å². The largest absolute Gasteiger partial charge is 0.380 e. The van der Waals surface area contributed by atoms with Gasteiger partial charge in [-0.3, -0.25) is 9.97 Å². The highest BCUT2D eigenvalue weighted by Crippen LogP contribution is 2.34. The summed E-state index contributed by atoms with van der Waals surface area (Å²) in [6, 6.07) is 13.0. The van der Waals surface area contributed by atoms with Crippen LogP contribution in [0.25, 0.3) is 10.9 Å². The molecular weight excluding hydrogens is 336 g/mol. The molecule has 5 nitrogen and oxygen atoms in total. The maximum Gasteiger partial charge on any atom is 0.0746 e. The Morgan fingerprint density at radius 3 is 2.96 bits per heavy atom. The molecule has 2 aromatic heterocycles. The minimum absolute atomic E-state index is 0.447. The van der Waals surface area contributed by atoms with Crippen LogP contribution >= 0.6 is 0 Å². The van der Waals surface area contributed by atoms with Gasteiger partial charge in [-0.15, -0.1) is 0 Å². The van der Waals surface area contributed by atoms with Crippen molar-refractivity contribution < 1.29 is 4.74 Å². The number of nitrogens with zero attached hydrogens (tertiary/aromatic N) is 3. The summed E-state index contributed by atoms with van der Waals surface area (Å²) >= 11 is 0. The molecule has 0 bridgehead atoms. The van der Waals surface area contributed by atoms with E-state index in [0.717, 1.165) is 42.3 Å². The van der Waals surface area contributed by atoms with Crippen LogP contribution in [0.3, 0.4) is 0 Å². The number of rotatable bonds is 6. The summed E-state index contributed by atoms with van der Waals surface area (Å²) in [5, 5.41) is 4.60. The predicted molar refractivity (Wildman–Crippen MR) is 111 cm³/mol. The standard InChI is InChI=1S/C22H26N4O/c1-3-27-15-19-7-5-11-26(19)22-12-16(2)24-21-13-17(8-9-20(21)22)25-18-6-4-10-23-14-18/h4,6,8-10,12-14,19,25H,3,5,7,11,15H2,1-2H3/t19-/m0/s1. The third kappa shape index (κ3) is 3.88. The number of hydrogen-bond donors (Lipinski definition) is 1. The van der Waals surface area contributed by atoms with Gasteiger partial charge in [0.15, 0.2) is 0 Å². The second-order valence-corrected chi connectivity index (χ2v) is 7.03. The molecule has 1 aromatic carbocycles. The molecule has 3 heterocycles. The SMILES string of the molecule is CCOC[C@@H]1CCCN1c1cc(C)nc2cc(Nc3cccnc3)ccc12. The van der Waals surface area contributed by atoms with Gasteiger partial charge >= 0.3 is 0 Å². The van der Waals surface area contributed by atoms with Gasteiger partial charge in [-0.2, -0.15) is 0 Å². The topological polar surface area (TPSA) is 50.3 Å². The van der Waals surface area contributed by atoms with Gasteiger partial charge in [0.25, 0.3) is 0 Å². The van der Waals surface area contributed by atoms with E-state index in [1.807, 2.05) is 18.3 Å². The lowest BCUT2D eigenvalue weighted by molar-refractivity contribution is 0.134. The monoisotopic (exact) mass is 362 g/mol. The fourth-order valence-electron chi connectivity index (χ4n) is 3.84. The van der Waals surface area contributed by atoms with Crippen molar-refractivity contribution in [1.29, 1.82) is 0 Å². The van der Waals surface area contributed by atoms with Gasteiger partial charge in [-0.1, -0.05) is 0 Å². The number of aryl methyl sites for hydroxylation is 1. The predicted octanol–water partition coefficient (Wildman–Crippen LogP) is 4.69. The van der Waals surface area contributed by atoms with Crippen molar-refractivity contribution in [2.45, 2.75) is 32.7 Å². The molecule has 1 aliphatic heterocycles. The Balaban J connectivity index is 1.67. The van der Waals surface area contributed by atoms with Crippen LogP contribution < -0.4 is 10.2 Å². The molecule has 27 heavy (non-hydrogen) atoms. The van der Waals surface area contributed by atoms with Gasteiger partial charge in [0, 0.05) is 41.8 Å². The van der Waals surface area contributed by atoms with Crippen molar-refractivity contribution in [3.8, 4) is 0 Å². The molecule has 5 heteroatoms. The number of anilines is 3. The molecule has 1 N–H and O–H groups in total. The van der Waals surface area contributed by atoms with Crippen LogP contribution in [0.4, 0.5) is 17.1 Å². The third-order valence-electron chi connectivity index (χ3n) is 5.07. The highest BCUT2D eigenvalue weighted by Gasteiger charge is 2.26. The Hall–Kier alpha value is -2.66. The van der Waals surface area contributed by atoms with Crippen molar-refractivity contribution in [2.24, 2.45) is 0 Å². The highest BCUT2D eigenvalue weighted by atomic mass is 16.5. The summed E-state index contributed by atoms with van der Waals surface area (Å²) in [4.78, 5) is 11.4. The number of ether oxygens (including phenoxy) is 1. The van der Waals surface area contributed by atoms with Crippen molar-refractivity contribution >= 4 is 28.0 Å². The molecule has 0 amide bonds. The second kappa shape index (κ2) is 7.92. The molecule has 0 saturated carbocycles. The van der Waals surface area contributed by atoms with E-state index in [-0.39, 0.29) is 0 Å². The van der Waals surface area contributed by atoms with Crippen LogP contribution in [0.1, 0.15) is 25.5 Å². The Bertz CT molecular complexity index is 913. The quantitative estimate of drug-likeness (QED) is 0.689. The van der Waals surface area contributed by atoms with Crippen LogP contribution in [-0.4, -0.2) is 35.8 Å². The van der Waals surface area contributed by atoms with E-state index in [1.54, 1.807) is 6.20 Å². The van der Waals surface area contributed by atoms with E-state index in [1.165, 1.54) is 23.9 Å². The fraction of sp³-hybridized carbons (Fsp3) is 0.364. The molecule has 0 aliphatic carbocycles. The van der Waals surface area contributed by atoms with Gasteiger partial charge in [0.1, 0.15) is 0 Å². The summed E-state index contributed by atoms with van der Waals surface area (Å²) in [6.45, 7) is 6.76. The van der Waals surface area contributed by atoms with Crippen LogP contribution in [0.2, 0.25) is 0 Å². The Morgan fingerprint density at radius 1 is 1.22 bits per heavy atom. The lowest BCUT2D eigenvalue weighted by Crippen LogP contribution is -2.33. The van der Waals surface area contributed by atoms with E-state index in [4.69, 9.17) is 9.72 Å². The van der Waals surface area contributed by atoms with Crippen LogP contribution in [-0.2, 0) is 4.74 Å². The normalized spacial score (nSPS) is 16.8. The molecular formula is C22H26N4O. The average molecular weight is 362 g/mol. The van der Waals surface area contributed by atoms with Crippen molar-refractivity contribution in [2.75, 3.05) is 30.0 Å². The van der Waals surface area contributed by atoms with E-state index >= 15 is 0 Å². The number of pyridine rings is 2. The molecule has 4 rings (SSSR count). The number of benzene rings is 1. The molecule has 1 fully saturated rings. The summed E-state index contributed by atoms with van der Waals surface area (Å²) in [6.07, 6.45) is 5.99. The first-order valence-corrected chi connectivity index (χ1v) is 9.67. The zero-order chi connectivity index (χ0) is 18.6. The van der Waals surface area contributed by atoms with Crippen LogP contribution in [0.15, 0.2) is 48.8 Å². The number of hydrogen-bond acceptors (Lipinski definition) is 5. The second-order valence-electron chi connectivity index (χ2n) is 7.03. The van der Waals surface area contributed by atoms with Crippen molar-refractivity contribution in [3.63, 3.8) is 0 Å². The van der Waals surface area contributed by atoms with Crippen LogP contribution in [0.5, 0.6) is 0 Å². The summed E-state index contributed by atoms with van der Waals surface area (Å²) in [5.74, 6) is 0. The summed E-state index contributed by atoms with van der Waals surface area (Å²) in [7, 11) is 0. The number of aromatic nitrogens is 2. The molecule has 0 spiro atoms. The Labute approximate surface area is 160 Å². The van der Waals surface area contributed by atoms with Gasteiger partial charge in [0.05, 0.1) is 30.0 Å². The first-order valence-electron chi connectivity index (χ1n) is 9.67. The number of fused-ring (bicyclic) bond motifs is 1. The molecule has 1 atom stereocenters. The first kappa shape index (κ1) is 17.7. The van der Waals surface area contributed by atoms with Crippen molar-refractivity contribution in [1.82, 2.24) is 9.97 Å². The summed E-state index contributed by atoms with van der Waals surface area (Å²) < 4.78 is 5.72. The molecule has 1 aliphatic rings. The summed E-state index contributed by atoms with van der Waals surface area (Å²) in [5.41, 5.74) is 5.32. The van der Waals surface area contributed by atoms with Crippen LogP contribution in [0, 0.1) is 6.92 Å².